The number of fused-ring (bicyclic) bond motifs is 1. The van der Waals surface area contributed by atoms with E-state index in [2.05, 4.69) is 181 Å². The Hall–Kier alpha value is -5.08. The van der Waals surface area contributed by atoms with Crippen LogP contribution in [0.15, 0.2) is 164 Å². The average Bonchev–Trinajstić information content (AvgIpc) is 3.38. The first-order chi connectivity index (χ1) is 21.6. The lowest BCUT2D eigenvalue weighted by atomic mass is 9.67. The molecule has 1 aliphatic rings. The fraction of sp³-hybridized carbons (Fsp3) is 0.143. The molecule has 0 amide bonds. The van der Waals surface area contributed by atoms with Crippen molar-refractivity contribution in [1.82, 2.24) is 0 Å². The summed E-state index contributed by atoms with van der Waals surface area (Å²) in [6.45, 7) is 4.05. The average molecular weight is 571 g/mol. The van der Waals surface area contributed by atoms with Crippen LogP contribution in [0.4, 0.5) is 11.4 Å². The summed E-state index contributed by atoms with van der Waals surface area (Å²) in [5, 5.41) is 7.21. The molecule has 1 aliphatic carbocycles. The van der Waals surface area contributed by atoms with Gasteiger partial charge in [-0.05, 0) is 69.6 Å². The molecule has 0 bridgehead atoms. The molecule has 216 valence electrons. The maximum absolute atomic E-state index is 3.61. The summed E-state index contributed by atoms with van der Waals surface area (Å²) < 4.78 is 0. The van der Waals surface area contributed by atoms with Gasteiger partial charge in [-0.2, -0.15) is 0 Å². The van der Waals surface area contributed by atoms with Gasteiger partial charge in [-0.1, -0.05) is 146 Å². The molecule has 44 heavy (non-hydrogen) atoms. The predicted molar refractivity (Wildman–Crippen MR) is 184 cm³/mol. The minimum Gasteiger partial charge on any atom is -0.381 e. The van der Waals surface area contributed by atoms with Crippen molar-refractivity contribution < 1.29 is 0 Å². The summed E-state index contributed by atoms with van der Waals surface area (Å²) in [5.74, 6) is 0. The van der Waals surface area contributed by atoms with E-state index >= 15 is 0 Å². The molecule has 2 nitrogen and oxygen atoms in total. The van der Waals surface area contributed by atoms with Crippen molar-refractivity contribution >= 4 is 11.4 Å². The Morgan fingerprint density at radius 1 is 0.432 bits per heavy atom. The first kappa shape index (κ1) is 27.7. The normalized spacial score (nSPS) is 18.8. The van der Waals surface area contributed by atoms with E-state index in [4.69, 9.17) is 0 Å². The lowest BCUT2D eigenvalue weighted by Crippen LogP contribution is -2.30. The summed E-state index contributed by atoms with van der Waals surface area (Å²) in [4.78, 5) is 0. The lowest BCUT2D eigenvalue weighted by molar-refractivity contribution is 0.473. The zero-order valence-corrected chi connectivity index (χ0v) is 25.2. The zero-order chi connectivity index (χ0) is 29.8. The number of hydrogen-bond acceptors (Lipinski definition) is 2. The molecule has 7 rings (SSSR count). The number of hydrogen-bond donors (Lipinski definition) is 2. The fourth-order valence-corrected chi connectivity index (χ4v) is 7.15. The third kappa shape index (κ3) is 5.18. The van der Waals surface area contributed by atoms with Gasteiger partial charge in [0.15, 0.2) is 0 Å². The quantitative estimate of drug-likeness (QED) is 0.181. The molecule has 0 aromatic heterocycles. The van der Waals surface area contributed by atoms with Crippen molar-refractivity contribution in [1.29, 1.82) is 0 Å². The van der Waals surface area contributed by atoms with E-state index in [0.29, 0.717) is 0 Å². The molecule has 2 atom stereocenters. The molecule has 2 unspecified atom stereocenters. The Morgan fingerprint density at radius 2 is 0.841 bits per heavy atom. The van der Waals surface area contributed by atoms with Crippen LogP contribution in [0, 0.1) is 0 Å². The minimum absolute atomic E-state index is 0.158. The van der Waals surface area contributed by atoms with Crippen molar-refractivity contribution in [3.8, 4) is 0 Å². The summed E-state index contributed by atoms with van der Waals surface area (Å²) in [6, 6.07) is 59.6. The molecular weight excluding hydrogens is 532 g/mol. The van der Waals surface area contributed by atoms with Crippen LogP contribution in [-0.4, -0.2) is 0 Å². The second-order valence-electron chi connectivity index (χ2n) is 12.2. The van der Waals surface area contributed by atoms with Gasteiger partial charge in [0.05, 0.1) is 0 Å². The monoisotopic (exact) mass is 570 g/mol. The Bertz CT molecular complexity index is 1810. The van der Waals surface area contributed by atoms with Crippen molar-refractivity contribution in [2.75, 3.05) is 10.6 Å². The smallest absolute Gasteiger partial charge is 0.0466 e. The van der Waals surface area contributed by atoms with E-state index in [9.17, 15) is 0 Å². The van der Waals surface area contributed by atoms with Crippen LogP contribution in [0.5, 0.6) is 0 Å². The molecule has 2 heteroatoms. The summed E-state index contributed by atoms with van der Waals surface area (Å²) in [6.07, 6.45) is 0.955. The summed E-state index contributed by atoms with van der Waals surface area (Å²) in [7, 11) is 0. The van der Waals surface area contributed by atoms with E-state index in [0.717, 1.165) is 30.9 Å². The highest BCUT2D eigenvalue weighted by Gasteiger charge is 2.52. The maximum Gasteiger partial charge on any atom is 0.0466 e. The maximum atomic E-state index is 3.61. The van der Waals surface area contributed by atoms with Gasteiger partial charge < -0.3 is 10.6 Å². The Kier molecular flexibility index (Phi) is 7.50. The van der Waals surface area contributed by atoms with Crippen LogP contribution in [0.2, 0.25) is 0 Å². The first-order valence-electron chi connectivity index (χ1n) is 15.6. The molecule has 0 saturated heterocycles. The molecule has 0 saturated carbocycles. The van der Waals surface area contributed by atoms with Crippen molar-refractivity contribution in [2.45, 2.75) is 37.3 Å². The molecule has 0 heterocycles. The number of anilines is 2. The van der Waals surface area contributed by atoms with Crippen LogP contribution < -0.4 is 10.6 Å². The topological polar surface area (TPSA) is 24.1 Å². The van der Waals surface area contributed by atoms with Crippen molar-refractivity contribution in [3.63, 3.8) is 0 Å². The van der Waals surface area contributed by atoms with E-state index < -0.39 is 0 Å². The molecule has 0 aliphatic heterocycles. The zero-order valence-electron chi connectivity index (χ0n) is 25.2. The van der Waals surface area contributed by atoms with Crippen LogP contribution in [-0.2, 0) is 23.9 Å². The Labute approximate surface area is 261 Å². The number of benzene rings is 6. The molecule has 6 aromatic rings. The highest BCUT2D eigenvalue weighted by atomic mass is 14.9. The number of nitrogens with one attached hydrogen (secondary N) is 2. The van der Waals surface area contributed by atoms with E-state index in [1.54, 1.807) is 0 Å². The molecule has 0 spiro atoms. The molecule has 0 fully saturated rings. The predicted octanol–water partition coefficient (Wildman–Crippen LogP) is 9.95. The van der Waals surface area contributed by atoms with Gasteiger partial charge in [0, 0.05) is 35.3 Å². The highest BCUT2D eigenvalue weighted by Crippen LogP contribution is 2.58. The van der Waals surface area contributed by atoms with Gasteiger partial charge in [0.1, 0.15) is 0 Å². The first-order valence-corrected chi connectivity index (χ1v) is 15.6. The third-order valence-electron chi connectivity index (χ3n) is 9.45. The van der Waals surface area contributed by atoms with E-state index in [1.165, 1.54) is 38.9 Å². The Morgan fingerprint density at radius 3 is 1.36 bits per heavy atom. The van der Waals surface area contributed by atoms with Gasteiger partial charge in [-0.3, -0.25) is 0 Å². The van der Waals surface area contributed by atoms with Crippen LogP contribution in [0.25, 0.3) is 0 Å². The Balaban J connectivity index is 1.23. The van der Waals surface area contributed by atoms with Crippen molar-refractivity contribution in [2.24, 2.45) is 0 Å². The van der Waals surface area contributed by atoms with Gasteiger partial charge in [0.2, 0.25) is 0 Å². The fourth-order valence-electron chi connectivity index (χ4n) is 7.15. The number of rotatable bonds is 9. The van der Waals surface area contributed by atoms with Gasteiger partial charge in [0.25, 0.3) is 0 Å². The highest BCUT2D eigenvalue weighted by molar-refractivity contribution is 5.64. The standard InChI is InChI=1S/C42H38N2/c1-41(34-21-25-37(26-22-34)43-29-32-13-5-2-6-14-32)31-42(35-17-9-4-10-18-35,40-20-12-11-19-39(40)41)36-23-27-38(28-24-36)44-30-33-15-7-3-8-16-33/h2-28,43-44H,29-31H2,1H3. The van der Waals surface area contributed by atoms with Crippen LogP contribution in [0.3, 0.4) is 0 Å². The molecular formula is C42H38N2. The third-order valence-corrected chi connectivity index (χ3v) is 9.45. The summed E-state index contributed by atoms with van der Waals surface area (Å²) >= 11 is 0. The molecule has 2 N–H and O–H groups in total. The van der Waals surface area contributed by atoms with Gasteiger partial charge >= 0.3 is 0 Å². The second kappa shape index (κ2) is 11.9. The molecule has 6 aromatic carbocycles. The molecule has 0 radical (unpaired) electrons. The van der Waals surface area contributed by atoms with Crippen molar-refractivity contribution in [3.05, 3.63) is 203 Å². The SMILES string of the molecule is CC1(c2ccc(NCc3ccccc3)cc2)CC(c2ccccc2)(c2ccc(NCc3ccccc3)cc2)c2ccccc21. The summed E-state index contributed by atoms with van der Waals surface area (Å²) in [5.41, 5.74) is 11.2. The van der Waals surface area contributed by atoms with Crippen LogP contribution >= 0.6 is 0 Å². The largest absolute Gasteiger partial charge is 0.381 e. The van der Waals surface area contributed by atoms with E-state index in [-0.39, 0.29) is 10.8 Å². The van der Waals surface area contributed by atoms with Gasteiger partial charge in [-0.15, -0.1) is 0 Å². The lowest BCUT2D eigenvalue weighted by Gasteiger charge is -2.35. The van der Waals surface area contributed by atoms with Crippen LogP contribution in [0.1, 0.15) is 52.3 Å². The minimum atomic E-state index is -0.269. The van der Waals surface area contributed by atoms with E-state index in [1.807, 2.05) is 0 Å². The van der Waals surface area contributed by atoms with Gasteiger partial charge in [-0.25, -0.2) is 0 Å². The second-order valence-corrected chi connectivity index (χ2v) is 12.2.